The largest absolute Gasteiger partial charge is 0.360 e. The van der Waals surface area contributed by atoms with Crippen molar-refractivity contribution in [1.29, 1.82) is 0 Å². The molecule has 3 heterocycles. The zero-order chi connectivity index (χ0) is 22.1. The number of H-pyrrole nitrogens is 1. The number of hydrogen-bond acceptors (Lipinski definition) is 6. The molecule has 1 atom stereocenters. The number of benzene rings is 2. The zero-order valence-electron chi connectivity index (χ0n) is 17.2. The van der Waals surface area contributed by atoms with Crippen molar-refractivity contribution in [2.24, 2.45) is 0 Å². The second-order valence-corrected chi connectivity index (χ2v) is 7.92. The summed E-state index contributed by atoms with van der Waals surface area (Å²) < 4.78 is 0. The first-order chi connectivity index (χ1) is 15.6. The van der Waals surface area contributed by atoms with E-state index in [0.29, 0.717) is 38.8 Å². The Labute approximate surface area is 188 Å². The highest BCUT2D eigenvalue weighted by atomic mass is 35.5. The van der Waals surface area contributed by atoms with Gasteiger partial charge in [-0.05, 0) is 30.0 Å². The number of nitrogens with one attached hydrogen (secondary N) is 2. The lowest BCUT2D eigenvalue weighted by Gasteiger charge is -2.17. The Morgan fingerprint density at radius 3 is 2.78 bits per heavy atom. The highest BCUT2D eigenvalue weighted by Gasteiger charge is 2.20. The summed E-state index contributed by atoms with van der Waals surface area (Å²) in [5.74, 6) is 0.534. The predicted molar refractivity (Wildman–Crippen MR) is 125 cm³/mol. The molecule has 0 aliphatic rings. The standard InChI is InChI=1S/C24H19ClN6O/c1-14(30-24-22-23(27-12-26-22)28-13-29-24)18-11-16-8-5-9-17(25)20(16)21(31-18)19(32)10-15-6-3-2-4-7-15/h2-9,11-14H,10H2,1H3,(H2,26,27,28,29,30)/t14-/m0/s1. The van der Waals surface area contributed by atoms with Crippen molar-refractivity contribution in [3.8, 4) is 0 Å². The van der Waals surface area contributed by atoms with Gasteiger partial charge in [0.25, 0.3) is 0 Å². The molecule has 0 saturated heterocycles. The highest BCUT2D eigenvalue weighted by molar-refractivity contribution is 6.36. The van der Waals surface area contributed by atoms with Crippen LogP contribution in [0.15, 0.2) is 67.3 Å². The normalized spacial score (nSPS) is 12.2. The molecule has 32 heavy (non-hydrogen) atoms. The molecule has 0 bridgehead atoms. The summed E-state index contributed by atoms with van der Waals surface area (Å²) in [4.78, 5) is 33.7. The van der Waals surface area contributed by atoms with Gasteiger partial charge in [0.15, 0.2) is 17.2 Å². The number of rotatable bonds is 6. The van der Waals surface area contributed by atoms with E-state index in [4.69, 9.17) is 16.6 Å². The van der Waals surface area contributed by atoms with Crippen molar-refractivity contribution in [3.05, 3.63) is 89.2 Å². The van der Waals surface area contributed by atoms with Gasteiger partial charge >= 0.3 is 0 Å². The fraction of sp³-hybridized carbons (Fsp3) is 0.125. The summed E-state index contributed by atoms with van der Waals surface area (Å²) in [5.41, 5.74) is 3.30. The SMILES string of the molecule is C[C@H](Nc1ncnc2nc[nH]c12)c1cc2cccc(Cl)c2c(C(=O)Cc2ccccc2)n1. The molecule has 2 N–H and O–H groups in total. The summed E-state index contributed by atoms with van der Waals surface area (Å²) in [6.45, 7) is 1.97. The number of ketones is 1. The Balaban J connectivity index is 1.55. The number of pyridine rings is 1. The Hall–Kier alpha value is -3.84. The number of imidazole rings is 1. The fourth-order valence-electron chi connectivity index (χ4n) is 3.73. The Kier molecular flexibility index (Phi) is 5.25. The minimum Gasteiger partial charge on any atom is -0.360 e. The summed E-state index contributed by atoms with van der Waals surface area (Å²) >= 11 is 6.49. The van der Waals surface area contributed by atoms with Crippen LogP contribution in [0, 0.1) is 0 Å². The summed E-state index contributed by atoms with van der Waals surface area (Å²) in [7, 11) is 0. The molecule has 0 amide bonds. The van der Waals surface area contributed by atoms with Gasteiger partial charge in [-0.25, -0.2) is 19.9 Å². The van der Waals surface area contributed by atoms with Crippen molar-refractivity contribution in [2.45, 2.75) is 19.4 Å². The van der Waals surface area contributed by atoms with Crippen LogP contribution < -0.4 is 5.32 Å². The average Bonchev–Trinajstić information content (AvgIpc) is 3.29. The molecule has 7 nitrogen and oxygen atoms in total. The molecule has 3 aromatic heterocycles. The second-order valence-electron chi connectivity index (χ2n) is 7.51. The van der Waals surface area contributed by atoms with Gasteiger partial charge in [0.1, 0.15) is 17.5 Å². The highest BCUT2D eigenvalue weighted by Crippen LogP contribution is 2.30. The molecule has 8 heteroatoms. The van der Waals surface area contributed by atoms with Gasteiger partial charge < -0.3 is 10.3 Å². The van der Waals surface area contributed by atoms with Crippen LogP contribution in [0.4, 0.5) is 5.82 Å². The lowest BCUT2D eigenvalue weighted by Crippen LogP contribution is -2.14. The number of hydrogen-bond donors (Lipinski definition) is 2. The Bertz CT molecular complexity index is 1430. The molecule has 0 spiro atoms. The maximum atomic E-state index is 13.3. The van der Waals surface area contributed by atoms with Gasteiger partial charge in [0.05, 0.1) is 23.1 Å². The van der Waals surface area contributed by atoms with Crippen molar-refractivity contribution in [3.63, 3.8) is 0 Å². The smallest absolute Gasteiger partial charge is 0.186 e. The monoisotopic (exact) mass is 442 g/mol. The number of aromatic amines is 1. The number of carbonyl (C=O) groups excluding carboxylic acids is 1. The van der Waals surface area contributed by atoms with E-state index in [1.807, 2.05) is 55.5 Å². The van der Waals surface area contributed by atoms with Gasteiger partial charge in [-0.3, -0.25) is 4.79 Å². The first kappa shape index (κ1) is 20.1. The second kappa shape index (κ2) is 8.36. The minimum atomic E-state index is -0.233. The fourth-order valence-corrected chi connectivity index (χ4v) is 4.00. The van der Waals surface area contributed by atoms with E-state index in [0.717, 1.165) is 10.9 Å². The molecule has 5 aromatic rings. The molecular formula is C24H19ClN6O. The zero-order valence-corrected chi connectivity index (χ0v) is 18.0. The molecule has 5 rings (SSSR count). The molecule has 0 fully saturated rings. The third kappa shape index (κ3) is 3.78. The van der Waals surface area contributed by atoms with E-state index in [9.17, 15) is 4.79 Å². The van der Waals surface area contributed by atoms with E-state index in [1.54, 1.807) is 12.4 Å². The third-order valence-corrected chi connectivity index (χ3v) is 5.63. The number of aromatic nitrogens is 5. The van der Waals surface area contributed by atoms with Crippen LogP contribution in [-0.2, 0) is 6.42 Å². The number of Topliss-reactive ketones (excluding diaryl/α,β-unsaturated/α-hetero) is 1. The van der Waals surface area contributed by atoms with Crippen LogP contribution in [0.5, 0.6) is 0 Å². The van der Waals surface area contributed by atoms with Gasteiger partial charge in [-0.15, -0.1) is 0 Å². The van der Waals surface area contributed by atoms with Crippen molar-refractivity contribution in [2.75, 3.05) is 5.32 Å². The number of nitrogens with zero attached hydrogens (tertiary/aromatic N) is 4. The number of halogens is 1. The minimum absolute atomic E-state index is 0.0821. The van der Waals surface area contributed by atoms with Gasteiger partial charge in [-0.2, -0.15) is 0 Å². The van der Waals surface area contributed by atoms with Crippen LogP contribution in [0.25, 0.3) is 21.9 Å². The maximum Gasteiger partial charge on any atom is 0.186 e. The van der Waals surface area contributed by atoms with E-state index < -0.39 is 0 Å². The lowest BCUT2D eigenvalue weighted by atomic mass is 10.0. The van der Waals surface area contributed by atoms with E-state index in [2.05, 4.69) is 25.3 Å². The summed E-state index contributed by atoms with van der Waals surface area (Å²) in [6, 6.07) is 16.9. The van der Waals surface area contributed by atoms with Crippen molar-refractivity contribution >= 4 is 45.1 Å². The van der Waals surface area contributed by atoms with Crippen LogP contribution in [0.2, 0.25) is 5.02 Å². The average molecular weight is 443 g/mol. The predicted octanol–water partition coefficient (Wildman–Crippen LogP) is 5.15. The molecule has 2 aromatic carbocycles. The van der Waals surface area contributed by atoms with Gasteiger partial charge in [0, 0.05) is 11.8 Å². The topological polar surface area (TPSA) is 96.5 Å². The quantitative estimate of drug-likeness (QED) is 0.353. The summed E-state index contributed by atoms with van der Waals surface area (Å²) in [6.07, 6.45) is 3.28. The third-order valence-electron chi connectivity index (χ3n) is 5.32. The summed E-state index contributed by atoms with van der Waals surface area (Å²) in [5, 5.41) is 5.39. The van der Waals surface area contributed by atoms with Gasteiger partial charge in [0.2, 0.25) is 0 Å². The molecule has 0 aliphatic heterocycles. The molecule has 158 valence electrons. The number of carbonyl (C=O) groups is 1. The van der Waals surface area contributed by atoms with Crippen LogP contribution >= 0.6 is 11.6 Å². The number of anilines is 1. The lowest BCUT2D eigenvalue weighted by molar-refractivity contribution is 0.0989. The molecule has 0 aliphatic carbocycles. The number of fused-ring (bicyclic) bond motifs is 2. The Morgan fingerprint density at radius 2 is 1.94 bits per heavy atom. The van der Waals surface area contributed by atoms with Crippen LogP contribution in [0.1, 0.15) is 34.7 Å². The molecule has 0 saturated carbocycles. The van der Waals surface area contributed by atoms with Crippen LogP contribution in [-0.4, -0.2) is 30.7 Å². The molecule has 0 unspecified atom stereocenters. The maximum absolute atomic E-state index is 13.3. The molecular weight excluding hydrogens is 424 g/mol. The first-order valence-electron chi connectivity index (χ1n) is 10.2. The van der Waals surface area contributed by atoms with E-state index in [1.165, 1.54) is 6.33 Å². The Morgan fingerprint density at radius 1 is 1.09 bits per heavy atom. The van der Waals surface area contributed by atoms with E-state index in [-0.39, 0.29) is 18.2 Å². The van der Waals surface area contributed by atoms with Gasteiger partial charge in [-0.1, -0.05) is 54.1 Å². The van der Waals surface area contributed by atoms with Crippen molar-refractivity contribution < 1.29 is 4.79 Å². The van der Waals surface area contributed by atoms with Crippen LogP contribution in [0.3, 0.4) is 0 Å². The van der Waals surface area contributed by atoms with E-state index >= 15 is 0 Å². The van der Waals surface area contributed by atoms with Crippen molar-refractivity contribution in [1.82, 2.24) is 24.9 Å². The first-order valence-corrected chi connectivity index (χ1v) is 10.5. The molecule has 0 radical (unpaired) electrons.